The molecular weight excluding hydrogens is 344 g/mol. The Morgan fingerprint density at radius 2 is 1.73 bits per heavy atom. The van der Waals surface area contributed by atoms with E-state index in [1.807, 2.05) is 37.3 Å². The molecule has 3 nitrogen and oxygen atoms in total. The van der Waals surface area contributed by atoms with Crippen molar-refractivity contribution in [2.75, 3.05) is 11.9 Å². The summed E-state index contributed by atoms with van der Waals surface area (Å²) >= 11 is 0. The predicted octanol–water partition coefficient (Wildman–Crippen LogP) is 4.82. The molecule has 1 aliphatic heterocycles. The molecule has 0 aromatic heterocycles. The first-order chi connectivity index (χ1) is 12.1. The van der Waals surface area contributed by atoms with Crippen LogP contribution in [0.15, 0.2) is 60.7 Å². The van der Waals surface area contributed by atoms with E-state index in [2.05, 4.69) is 35.6 Å². The highest BCUT2D eigenvalue weighted by Gasteiger charge is 2.16. The Morgan fingerprint density at radius 1 is 0.962 bits per heavy atom. The number of nitrogens with one attached hydrogen (secondary N) is 1. The maximum absolute atomic E-state index is 12.0. The summed E-state index contributed by atoms with van der Waals surface area (Å²) in [6, 6.07) is 20.6. The number of halogens is 1. The Bertz CT molecular complexity index is 982. The van der Waals surface area contributed by atoms with Gasteiger partial charge >= 0.3 is 0 Å². The zero-order valence-electron chi connectivity index (χ0n) is 14.6. The van der Waals surface area contributed by atoms with Crippen LogP contribution in [0.5, 0.6) is 0 Å². The SMILES string of the molecule is Cc1ccc(-c2ccccc2-c2ccc3c(c2)CCN3)c(C(N)=O)c1.Cl. The van der Waals surface area contributed by atoms with Crippen LogP contribution >= 0.6 is 12.4 Å². The molecule has 3 aromatic carbocycles. The topological polar surface area (TPSA) is 55.1 Å². The number of carbonyl (C=O) groups is 1. The average Bonchev–Trinajstić information content (AvgIpc) is 3.09. The quantitative estimate of drug-likeness (QED) is 0.700. The second-order valence-corrected chi connectivity index (χ2v) is 6.51. The van der Waals surface area contributed by atoms with Crippen LogP contribution < -0.4 is 11.1 Å². The van der Waals surface area contributed by atoms with E-state index in [1.54, 1.807) is 0 Å². The lowest BCUT2D eigenvalue weighted by molar-refractivity contribution is 0.100. The molecule has 1 amide bonds. The molecule has 1 aliphatic rings. The van der Waals surface area contributed by atoms with Crippen molar-refractivity contribution < 1.29 is 4.79 Å². The lowest BCUT2D eigenvalue weighted by Gasteiger charge is -2.14. The summed E-state index contributed by atoms with van der Waals surface area (Å²) in [7, 11) is 0. The van der Waals surface area contributed by atoms with Gasteiger partial charge in [0.2, 0.25) is 5.91 Å². The van der Waals surface area contributed by atoms with E-state index in [9.17, 15) is 4.79 Å². The summed E-state index contributed by atoms with van der Waals surface area (Å²) in [6.45, 7) is 2.96. The summed E-state index contributed by atoms with van der Waals surface area (Å²) in [5.41, 5.74) is 14.0. The summed E-state index contributed by atoms with van der Waals surface area (Å²) in [5.74, 6) is -0.397. The molecule has 0 radical (unpaired) electrons. The van der Waals surface area contributed by atoms with Gasteiger partial charge in [-0.15, -0.1) is 12.4 Å². The third kappa shape index (κ3) is 3.18. The number of rotatable bonds is 3. The van der Waals surface area contributed by atoms with E-state index in [0.717, 1.165) is 40.8 Å². The number of primary amides is 1. The lowest BCUT2D eigenvalue weighted by Crippen LogP contribution is -2.12. The van der Waals surface area contributed by atoms with Gasteiger partial charge < -0.3 is 11.1 Å². The minimum absolute atomic E-state index is 0. The van der Waals surface area contributed by atoms with Gasteiger partial charge in [-0.05, 0) is 59.4 Å². The number of benzene rings is 3. The Labute approximate surface area is 159 Å². The van der Waals surface area contributed by atoms with Crippen molar-refractivity contribution in [3.8, 4) is 22.3 Å². The highest BCUT2D eigenvalue weighted by molar-refractivity contribution is 6.02. The predicted molar refractivity (Wildman–Crippen MR) is 110 cm³/mol. The van der Waals surface area contributed by atoms with Gasteiger partial charge in [-0.3, -0.25) is 4.79 Å². The Hall–Kier alpha value is -2.78. The normalized spacial score (nSPS) is 12.0. The third-order valence-electron chi connectivity index (χ3n) is 4.78. The molecular formula is C22H21ClN2O. The fourth-order valence-corrected chi connectivity index (χ4v) is 3.54. The molecule has 0 fully saturated rings. The summed E-state index contributed by atoms with van der Waals surface area (Å²) in [4.78, 5) is 12.0. The molecule has 1 heterocycles. The molecule has 0 atom stereocenters. The van der Waals surface area contributed by atoms with E-state index in [4.69, 9.17) is 5.73 Å². The van der Waals surface area contributed by atoms with Crippen molar-refractivity contribution in [1.29, 1.82) is 0 Å². The average molecular weight is 365 g/mol. The Balaban J connectivity index is 0.00000196. The van der Waals surface area contributed by atoms with Gasteiger partial charge in [0.25, 0.3) is 0 Å². The van der Waals surface area contributed by atoms with Gasteiger partial charge in [0.05, 0.1) is 0 Å². The smallest absolute Gasteiger partial charge is 0.249 e. The summed E-state index contributed by atoms with van der Waals surface area (Å²) in [6.07, 6.45) is 1.04. The van der Waals surface area contributed by atoms with Crippen molar-refractivity contribution >= 4 is 24.0 Å². The van der Waals surface area contributed by atoms with Gasteiger partial charge in [0.1, 0.15) is 0 Å². The number of hydrogen-bond donors (Lipinski definition) is 2. The van der Waals surface area contributed by atoms with E-state index in [1.165, 1.54) is 11.3 Å². The van der Waals surface area contributed by atoms with Crippen LogP contribution in [0.4, 0.5) is 5.69 Å². The monoisotopic (exact) mass is 364 g/mol. The molecule has 0 saturated heterocycles. The van der Waals surface area contributed by atoms with E-state index >= 15 is 0 Å². The fourth-order valence-electron chi connectivity index (χ4n) is 3.54. The number of amides is 1. The number of hydrogen-bond acceptors (Lipinski definition) is 2. The van der Waals surface area contributed by atoms with Crippen LogP contribution in [0.1, 0.15) is 21.5 Å². The van der Waals surface area contributed by atoms with Crippen LogP contribution in [0.3, 0.4) is 0 Å². The molecule has 4 rings (SSSR count). The van der Waals surface area contributed by atoms with Crippen molar-refractivity contribution in [2.45, 2.75) is 13.3 Å². The minimum atomic E-state index is -0.397. The van der Waals surface area contributed by atoms with Crippen molar-refractivity contribution in [3.05, 3.63) is 77.4 Å². The largest absolute Gasteiger partial charge is 0.384 e. The maximum Gasteiger partial charge on any atom is 0.249 e. The fraction of sp³-hybridized carbons (Fsp3) is 0.136. The van der Waals surface area contributed by atoms with E-state index in [-0.39, 0.29) is 12.4 Å². The van der Waals surface area contributed by atoms with Crippen LogP contribution in [-0.4, -0.2) is 12.5 Å². The van der Waals surface area contributed by atoms with Crippen LogP contribution in [0, 0.1) is 6.92 Å². The molecule has 26 heavy (non-hydrogen) atoms. The molecule has 3 aromatic rings. The zero-order valence-corrected chi connectivity index (χ0v) is 15.4. The first kappa shape index (κ1) is 18.0. The Kier molecular flexibility index (Phi) is 5.01. The Morgan fingerprint density at radius 3 is 2.50 bits per heavy atom. The van der Waals surface area contributed by atoms with E-state index < -0.39 is 5.91 Å². The van der Waals surface area contributed by atoms with Crippen LogP contribution in [0.2, 0.25) is 0 Å². The number of carbonyl (C=O) groups excluding carboxylic acids is 1. The third-order valence-corrected chi connectivity index (χ3v) is 4.78. The molecule has 0 spiro atoms. The van der Waals surface area contributed by atoms with Crippen molar-refractivity contribution in [3.63, 3.8) is 0 Å². The standard InChI is InChI=1S/C22H20N2O.ClH/c1-14-6-8-19(20(12-14)22(23)25)18-5-3-2-4-17(18)15-7-9-21-16(13-15)10-11-24-21;/h2-9,12-13,24H,10-11H2,1H3,(H2,23,25);1H. The molecule has 0 unspecified atom stereocenters. The van der Waals surface area contributed by atoms with Gasteiger partial charge in [-0.25, -0.2) is 0 Å². The summed E-state index contributed by atoms with van der Waals surface area (Å²) < 4.78 is 0. The highest BCUT2D eigenvalue weighted by atomic mass is 35.5. The summed E-state index contributed by atoms with van der Waals surface area (Å²) in [5, 5.41) is 3.39. The molecule has 132 valence electrons. The van der Waals surface area contributed by atoms with Crippen LogP contribution in [0.25, 0.3) is 22.3 Å². The lowest BCUT2D eigenvalue weighted by atomic mass is 9.90. The zero-order chi connectivity index (χ0) is 17.4. The van der Waals surface area contributed by atoms with Gasteiger partial charge in [-0.1, -0.05) is 48.0 Å². The van der Waals surface area contributed by atoms with Crippen molar-refractivity contribution in [2.24, 2.45) is 5.73 Å². The first-order valence-corrected chi connectivity index (χ1v) is 8.50. The van der Waals surface area contributed by atoms with Gasteiger partial charge in [-0.2, -0.15) is 0 Å². The second kappa shape index (κ2) is 7.22. The van der Waals surface area contributed by atoms with E-state index in [0.29, 0.717) is 5.56 Å². The molecule has 0 bridgehead atoms. The number of fused-ring (bicyclic) bond motifs is 1. The maximum atomic E-state index is 12.0. The van der Waals surface area contributed by atoms with Gasteiger partial charge in [0.15, 0.2) is 0 Å². The number of anilines is 1. The number of nitrogens with two attached hydrogens (primary N) is 1. The van der Waals surface area contributed by atoms with Gasteiger partial charge in [0, 0.05) is 17.8 Å². The molecule has 3 N–H and O–H groups in total. The minimum Gasteiger partial charge on any atom is -0.384 e. The number of aryl methyl sites for hydroxylation is 1. The van der Waals surface area contributed by atoms with Crippen LogP contribution in [-0.2, 0) is 6.42 Å². The second-order valence-electron chi connectivity index (χ2n) is 6.51. The molecule has 4 heteroatoms. The molecule has 0 saturated carbocycles. The first-order valence-electron chi connectivity index (χ1n) is 8.50. The molecule has 0 aliphatic carbocycles. The van der Waals surface area contributed by atoms with Crippen molar-refractivity contribution in [1.82, 2.24) is 0 Å². The highest BCUT2D eigenvalue weighted by Crippen LogP contribution is 2.36.